The number of nitrogens with two attached hydrogens (primary N) is 1. The van der Waals surface area contributed by atoms with E-state index in [-0.39, 0.29) is 0 Å². The Bertz CT molecular complexity index is 279. The van der Waals surface area contributed by atoms with Gasteiger partial charge in [-0.1, -0.05) is 0 Å². The highest BCUT2D eigenvalue weighted by atomic mass is 14.9. The number of aryl methyl sites for hydroxylation is 1. The molecule has 1 fully saturated rings. The van der Waals surface area contributed by atoms with E-state index in [0.29, 0.717) is 5.92 Å². The van der Waals surface area contributed by atoms with E-state index in [2.05, 4.69) is 9.97 Å². The second kappa shape index (κ2) is 2.19. The summed E-state index contributed by atoms with van der Waals surface area (Å²) in [6.07, 6.45) is 4.18. The summed E-state index contributed by atoms with van der Waals surface area (Å²) in [7, 11) is 0. The maximum atomic E-state index is 5.71. The van der Waals surface area contributed by atoms with Gasteiger partial charge in [-0.3, -0.25) is 0 Å². The molecule has 0 spiro atoms. The van der Waals surface area contributed by atoms with Crippen molar-refractivity contribution < 1.29 is 0 Å². The van der Waals surface area contributed by atoms with Crippen LogP contribution in [-0.4, -0.2) is 9.97 Å². The first-order chi connectivity index (χ1) is 5.27. The molecule has 0 unspecified atom stereocenters. The van der Waals surface area contributed by atoms with Crippen LogP contribution in [-0.2, 0) is 0 Å². The predicted molar refractivity (Wildman–Crippen MR) is 43.2 cm³/mol. The van der Waals surface area contributed by atoms with E-state index >= 15 is 0 Å². The van der Waals surface area contributed by atoms with Crippen LogP contribution in [0.1, 0.15) is 30.3 Å². The minimum atomic E-state index is 0.622. The van der Waals surface area contributed by atoms with Crippen molar-refractivity contribution in [3.8, 4) is 0 Å². The maximum Gasteiger partial charge on any atom is 0.125 e. The van der Waals surface area contributed by atoms with E-state index in [1.165, 1.54) is 12.8 Å². The Morgan fingerprint density at radius 3 is 2.91 bits per heavy atom. The smallest absolute Gasteiger partial charge is 0.125 e. The number of nitrogen functional groups attached to an aromatic ring is 1. The van der Waals surface area contributed by atoms with E-state index in [1.807, 2.05) is 6.92 Å². The SMILES string of the molecule is Cc1ncc(N)c(C2CC2)n1. The molecular weight excluding hydrogens is 138 g/mol. The second-order valence-electron chi connectivity index (χ2n) is 3.03. The average molecular weight is 149 g/mol. The summed E-state index contributed by atoms with van der Waals surface area (Å²) in [5, 5.41) is 0. The molecule has 1 heterocycles. The van der Waals surface area contributed by atoms with Crippen LogP contribution < -0.4 is 5.73 Å². The number of aromatic nitrogens is 2. The minimum absolute atomic E-state index is 0.622. The highest BCUT2D eigenvalue weighted by molar-refractivity contribution is 5.43. The van der Waals surface area contributed by atoms with Crippen LogP contribution in [0.3, 0.4) is 0 Å². The van der Waals surface area contributed by atoms with Crippen molar-refractivity contribution in [2.24, 2.45) is 0 Å². The average Bonchev–Trinajstić information content (AvgIpc) is 2.76. The summed E-state index contributed by atoms with van der Waals surface area (Å²) in [4.78, 5) is 8.31. The normalized spacial score (nSPS) is 16.8. The molecule has 0 radical (unpaired) electrons. The Labute approximate surface area is 65.7 Å². The van der Waals surface area contributed by atoms with E-state index < -0.39 is 0 Å². The van der Waals surface area contributed by atoms with Crippen molar-refractivity contribution in [1.82, 2.24) is 9.97 Å². The lowest BCUT2D eigenvalue weighted by Gasteiger charge is -2.01. The third-order valence-corrected chi connectivity index (χ3v) is 1.93. The van der Waals surface area contributed by atoms with Crippen molar-refractivity contribution in [2.75, 3.05) is 5.73 Å². The number of hydrogen-bond acceptors (Lipinski definition) is 3. The monoisotopic (exact) mass is 149 g/mol. The molecule has 3 heteroatoms. The van der Waals surface area contributed by atoms with Gasteiger partial charge in [-0.2, -0.15) is 0 Å². The van der Waals surface area contributed by atoms with Crippen molar-refractivity contribution >= 4 is 5.69 Å². The Kier molecular flexibility index (Phi) is 1.31. The number of anilines is 1. The Hall–Kier alpha value is -1.12. The molecule has 1 aliphatic carbocycles. The topological polar surface area (TPSA) is 51.8 Å². The molecule has 1 saturated carbocycles. The summed E-state index contributed by atoms with van der Waals surface area (Å²) in [6.45, 7) is 1.89. The zero-order valence-corrected chi connectivity index (χ0v) is 6.54. The van der Waals surface area contributed by atoms with Gasteiger partial charge in [0.2, 0.25) is 0 Å². The molecule has 11 heavy (non-hydrogen) atoms. The van der Waals surface area contributed by atoms with Crippen LogP contribution in [0.5, 0.6) is 0 Å². The summed E-state index contributed by atoms with van der Waals surface area (Å²) < 4.78 is 0. The molecule has 3 nitrogen and oxygen atoms in total. The molecule has 0 bridgehead atoms. The lowest BCUT2D eigenvalue weighted by Crippen LogP contribution is -1.99. The summed E-state index contributed by atoms with van der Waals surface area (Å²) >= 11 is 0. The van der Waals surface area contributed by atoms with Gasteiger partial charge in [0, 0.05) is 5.92 Å². The number of nitrogens with zero attached hydrogens (tertiary/aromatic N) is 2. The molecule has 0 amide bonds. The fourth-order valence-corrected chi connectivity index (χ4v) is 1.18. The van der Waals surface area contributed by atoms with Crippen molar-refractivity contribution in [3.05, 3.63) is 17.7 Å². The maximum absolute atomic E-state index is 5.71. The van der Waals surface area contributed by atoms with Gasteiger partial charge in [-0.05, 0) is 19.8 Å². The third-order valence-electron chi connectivity index (χ3n) is 1.93. The Morgan fingerprint density at radius 1 is 1.55 bits per heavy atom. The number of hydrogen-bond donors (Lipinski definition) is 1. The summed E-state index contributed by atoms with van der Waals surface area (Å²) in [5.74, 6) is 1.44. The van der Waals surface area contributed by atoms with Crippen LogP contribution in [0.4, 0.5) is 5.69 Å². The Morgan fingerprint density at radius 2 is 2.27 bits per heavy atom. The van der Waals surface area contributed by atoms with Gasteiger partial charge in [-0.15, -0.1) is 0 Å². The standard InChI is InChI=1S/C8H11N3/c1-5-10-4-7(9)8(11-5)6-2-3-6/h4,6H,2-3,9H2,1H3. The molecule has 0 aromatic carbocycles. The summed E-state index contributed by atoms with van der Waals surface area (Å²) in [5.41, 5.74) is 7.51. The lowest BCUT2D eigenvalue weighted by atomic mass is 10.2. The lowest BCUT2D eigenvalue weighted by molar-refractivity contribution is 0.947. The number of rotatable bonds is 1. The van der Waals surface area contributed by atoms with Gasteiger partial charge < -0.3 is 5.73 Å². The molecule has 1 aromatic heterocycles. The largest absolute Gasteiger partial charge is 0.396 e. The molecule has 0 saturated heterocycles. The molecule has 58 valence electrons. The minimum Gasteiger partial charge on any atom is -0.396 e. The molecular formula is C8H11N3. The Balaban J connectivity index is 2.42. The van der Waals surface area contributed by atoms with Crippen molar-refractivity contribution in [2.45, 2.75) is 25.7 Å². The van der Waals surface area contributed by atoms with Gasteiger partial charge in [0.05, 0.1) is 17.6 Å². The zero-order valence-electron chi connectivity index (χ0n) is 6.54. The van der Waals surface area contributed by atoms with Gasteiger partial charge in [0.15, 0.2) is 0 Å². The highest BCUT2D eigenvalue weighted by Gasteiger charge is 2.27. The van der Waals surface area contributed by atoms with E-state index in [0.717, 1.165) is 17.2 Å². The molecule has 1 aliphatic rings. The van der Waals surface area contributed by atoms with Gasteiger partial charge in [0.25, 0.3) is 0 Å². The van der Waals surface area contributed by atoms with E-state index in [9.17, 15) is 0 Å². The molecule has 2 rings (SSSR count). The molecule has 2 N–H and O–H groups in total. The van der Waals surface area contributed by atoms with Crippen molar-refractivity contribution in [1.29, 1.82) is 0 Å². The second-order valence-corrected chi connectivity index (χ2v) is 3.03. The van der Waals surface area contributed by atoms with Crippen LogP contribution >= 0.6 is 0 Å². The quantitative estimate of drug-likeness (QED) is 0.653. The summed E-state index contributed by atoms with van der Waals surface area (Å²) in [6, 6.07) is 0. The van der Waals surface area contributed by atoms with Gasteiger partial charge in [-0.25, -0.2) is 9.97 Å². The predicted octanol–water partition coefficient (Wildman–Crippen LogP) is 1.24. The zero-order chi connectivity index (χ0) is 7.84. The molecule has 0 atom stereocenters. The van der Waals surface area contributed by atoms with E-state index in [4.69, 9.17) is 5.73 Å². The van der Waals surface area contributed by atoms with Crippen molar-refractivity contribution in [3.63, 3.8) is 0 Å². The fraction of sp³-hybridized carbons (Fsp3) is 0.500. The van der Waals surface area contributed by atoms with Crippen LogP contribution in [0.25, 0.3) is 0 Å². The molecule has 0 aliphatic heterocycles. The van der Waals surface area contributed by atoms with Gasteiger partial charge in [0.1, 0.15) is 5.82 Å². The van der Waals surface area contributed by atoms with Crippen LogP contribution in [0.15, 0.2) is 6.20 Å². The first kappa shape index (κ1) is 6.58. The molecule has 1 aromatic rings. The van der Waals surface area contributed by atoms with Crippen LogP contribution in [0, 0.1) is 6.92 Å². The fourth-order valence-electron chi connectivity index (χ4n) is 1.18. The highest BCUT2D eigenvalue weighted by Crippen LogP contribution is 2.41. The van der Waals surface area contributed by atoms with Crippen LogP contribution in [0.2, 0.25) is 0 Å². The van der Waals surface area contributed by atoms with E-state index in [1.54, 1.807) is 6.20 Å². The first-order valence-corrected chi connectivity index (χ1v) is 3.86. The first-order valence-electron chi connectivity index (χ1n) is 3.86. The van der Waals surface area contributed by atoms with Gasteiger partial charge >= 0.3 is 0 Å². The third kappa shape index (κ3) is 1.18.